The van der Waals surface area contributed by atoms with Crippen molar-refractivity contribution in [2.75, 3.05) is 0 Å². The van der Waals surface area contributed by atoms with Gasteiger partial charge in [0.2, 0.25) is 7.29 Å². The molecule has 1 aromatic heterocycles. The lowest BCUT2D eigenvalue weighted by molar-refractivity contribution is 0.503. The van der Waals surface area contributed by atoms with Gasteiger partial charge in [-0.2, -0.15) is 0 Å². The minimum atomic E-state index is -3.19. The summed E-state index contributed by atoms with van der Waals surface area (Å²) in [4.78, 5) is 4.47. The highest BCUT2D eigenvalue weighted by Crippen LogP contribution is 2.44. The van der Waals surface area contributed by atoms with Crippen molar-refractivity contribution in [3.63, 3.8) is 0 Å². The van der Waals surface area contributed by atoms with Gasteiger partial charge in [0.25, 0.3) is 0 Å². The highest BCUT2D eigenvalue weighted by atomic mass is 31.2. The molecule has 0 aliphatic carbocycles. The van der Waals surface area contributed by atoms with E-state index < -0.39 is 19.4 Å². The Labute approximate surface area is 183 Å². The van der Waals surface area contributed by atoms with Crippen LogP contribution in [0.3, 0.4) is 0 Å². The van der Waals surface area contributed by atoms with Crippen molar-refractivity contribution in [1.82, 2.24) is 10.1 Å². The maximum absolute atomic E-state index is 14.6. The Bertz CT molecular complexity index is 1120. The molecule has 0 aliphatic heterocycles. The predicted molar refractivity (Wildman–Crippen MR) is 128 cm³/mol. The van der Waals surface area contributed by atoms with E-state index in [0.717, 1.165) is 27.4 Å². The first-order valence-corrected chi connectivity index (χ1v) is 12.0. The number of aromatic nitrogens is 1. The van der Waals surface area contributed by atoms with Crippen LogP contribution in [0.4, 0.5) is 0 Å². The number of pyridine rings is 1. The third kappa shape index (κ3) is 4.67. The summed E-state index contributed by atoms with van der Waals surface area (Å²) in [5, 5.41) is 4.98. The molecule has 5 heteroatoms. The van der Waals surface area contributed by atoms with Crippen LogP contribution in [-0.4, -0.2) is 4.98 Å². The SMILES string of the molecule is Cc1cccc([C@@H](NP(=O)(c2ccccc2)c2ccccc2)[C@@H](N)c2ccccn2)c1. The summed E-state index contributed by atoms with van der Waals surface area (Å²) in [6.45, 7) is 2.04. The van der Waals surface area contributed by atoms with E-state index >= 15 is 0 Å². The summed E-state index contributed by atoms with van der Waals surface area (Å²) >= 11 is 0. The zero-order valence-corrected chi connectivity index (χ0v) is 18.3. The van der Waals surface area contributed by atoms with E-state index in [-0.39, 0.29) is 0 Å². The molecule has 2 atom stereocenters. The molecule has 0 bridgehead atoms. The average Bonchev–Trinajstić information content (AvgIpc) is 2.83. The summed E-state index contributed by atoms with van der Waals surface area (Å²) in [6, 6.07) is 32.1. The first kappa shape index (κ1) is 21.2. The fourth-order valence-electron chi connectivity index (χ4n) is 3.74. The molecule has 1 heterocycles. The van der Waals surface area contributed by atoms with Crippen molar-refractivity contribution >= 4 is 17.9 Å². The van der Waals surface area contributed by atoms with Crippen molar-refractivity contribution < 1.29 is 4.57 Å². The molecular weight excluding hydrogens is 401 g/mol. The average molecular weight is 427 g/mol. The van der Waals surface area contributed by atoms with Crippen molar-refractivity contribution in [2.24, 2.45) is 5.73 Å². The number of nitrogens with one attached hydrogen (secondary N) is 1. The Hall–Kier alpha value is -3.04. The second-order valence-corrected chi connectivity index (χ2v) is 10.1. The molecule has 0 radical (unpaired) electrons. The fourth-order valence-corrected chi connectivity index (χ4v) is 6.22. The minimum absolute atomic E-state index is 0.402. The summed E-state index contributed by atoms with van der Waals surface area (Å²) in [6.07, 6.45) is 1.73. The standard InChI is InChI=1S/C26H26N3OP/c1-20-11-10-12-21(19-20)26(25(27)24-17-8-9-18-28-24)29-31(30,22-13-4-2-5-14-22)23-15-6-3-7-16-23/h2-19,25-26H,27H2,1H3,(H,29,30)/t25-,26+/m0/s1. The number of nitrogens with zero attached hydrogens (tertiary/aromatic N) is 1. The number of hydrogen-bond acceptors (Lipinski definition) is 3. The molecule has 0 unspecified atom stereocenters. The second kappa shape index (κ2) is 9.40. The van der Waals surface area contributed by atoms with Crippen LogP contribution in [0.25, 0.3) is 0 Å². The largest absolute Gasteiger partial charge is 0.321 e. The summed E-state index contributed by atoms with van der Waals surface area (Å²) in [5.41, 5.74) is 9.58. The minimum Gasteiger partial charge on any atom is -0.321 e. The lowest BCUT2D eigenvalue weighted by atomic mass is 9.97. The third-order valence-electron chi connectivity index (χ3n) is 5.35. The molecule has 0 saturated carbocycles. The van der Waals surface area contributed by atoms with Gasteiger partial charge in [-0.15, -0.1) is 0 Å². The molecule has 156 valence electrons. The van der Waals surface area contributed by atoms with Gasteiger partial charge in [0.05, 0.1) is 17.8 Å². The molecular formula is C26H26N3OP. The Morgan fingerprint density at radius 2 is 1.42 bits per heavy atom. The molecule has 0 fully saturated rings. The van der Waals surface area contributed by atoms with Gasteiger partial charge in [-0.05, 0) is 48.9 Å². The van der Waals surface area contributed by atoms with Crippen LogP contribution < -0.4 is 21.4 Å². The van der Waals surface area contributed by atoms with Crippen molar-refractivity contribution in [3.8, 4) is 0 Å². The van der Waals surface area contributed by atoms with E-state index in [9.17, 15) is 4.57 Å². The molecule has 4 aromatic rings. The maximum Gasteiger partial charge on any atom is 0.205 e. The lowest BCUT2D eigenvalue weighted by Gasteiger charge is -2.31. The van der Waals surface area contributed by atoms with Gasteiger partial charge in [0.15, 0.2) is 0 Å². The second-order valence-electron chi connectivity index (χ2n) is 7.58. The zero-order chi connectivity index (χ0) is 21.7. The van der Waals surface area contributed by atoms with Gasteiger partial charge >= 0.3 is 0 Å². The molecule has 4 nitrogen and oxygen atoms in total. The van der Waals surface area contributed by atoms with Crippen LogP contribution in [0.1, 0.15) is 28.9 Å². The molecule has 0 saturated heterocycles. The van der Waals surface area contributed by atoms with E-state index in [2.05, 4.69) is 16.1 Å². The normalized spacial score (nSPS) is 13.5. The molecule has 0 aliphatic rings. The van der Waals surface area contributed by atoms with E-state index in [0.29, 0.717) is 0 Å². The quantitative estimate of drug-likeness (QED) is 0.421. The number of nitrogens with two attached hydrogens (primary N) is 1. The third-order valence-corrected chi connectivity index (χ3v) is 8.04. The van der Waals surface area contributed by atoms with Gasteiger partial charge in [-0.1, -0.05) is 72.3 Å². The van der Waals surface area contributed by atoms with Gasteiger partial charge in [-0.25, -0.2) is 0 Å². The van der Waals surface area contributed by atoms with Gasteiger partial charge in [0, 0.05) is 16.8 Å². The van der Waals surface area contributed by atoms with E-state index in [4.69, 9.17) is 5.73 Å². The first-order valence-electron chi connectivity index (χ1n) is 10.3. The monoisotopic (exact) mass is 427 g/mol. The Morgan fingerprint density at radius 3 is 1.97 bits per heavy atom. The summed E-state index contributed by atoms with van der Waals surface area (Å²) in [7, 11) is -3.19. The maximum atomic E-state index is 14.6. The highest BCUT2D eigenvalue weighted by molar-refractivity contribution is 7.76. The first-order chi connectivity index (χ1) is 15.1. The van der Waals surface area contributed by atoms with E-state index in [1.807, 2.05) is 104 Å². The van der Waals surface area contributed by atoms with Crippen LogP contribution in [0.2, 0.25) is 0 Å². The van der Waals surface area contributed by atoms with E-state index in [1.165, 1.54) is 0 Å². The Kier molecular flexibility index (Phi) is 6.43. The molecule has 3 N–H and O–H groups in total. The zero-order valence-electron chi connectivity index (χ0n) is 17.4. The molecule has 0 spiro atoms. The molecule has 31 heavy (non-hydrogen) atoms. The van der Waals surface area contributed by atoms with Gasteiger partial charge in [0.1, 0.15) is 0 Å². The smallest absolute Gasteiger partial charge is 0.205 e. The fraction of sp³-hybridized carbons (Fsp3) is 0.115. The Morgan fingerprint density at radius 1 is 0.806 bits per heavy atom. The van der Waals surface area contributed by atoms with Crippen molar-refractivity contribution in [2.45, 2.75) is 19.0 Å². The topological polar surface area (TPSA) is 68.0 Å². The van der Waals surface area contributed by atoms with Crippen LogP contribution in [0.15, 0.2) is 109 Å². The molecule has 3 aromatic carbocycles. The molecule has 0 amide bonds. The number of rotatable bonds is 7. The predicted octanol–water partition coefficient (Wildman–Crippen LogP) is 4.65. The summed E-state index contributed by atoms with van der Waals surface area (Å²) in [5.74, 6) is 0. The Balaban J connectivity index is 1.84. The van der Waals surface area contributed by atoms with Gasteiger partial charge < -0.3 is 5.73 Å². The number of benzene rings is 3. The molecule has 4 rings (SSSR count). The highest BCUT2D eigenvalue weighted by Gasteiger charge is 2.34. The summed E-state index contributed by atoms with van der Waals surface area (Å²) < 4.78 is 14.6. The van der Waals surface area contributed by atoms with Crippen LogP contribution in [0, 0.1) is 6.92 Å². The van der Waals surface area contributed by atoms with Gasteiger partial charge in [-0.3, -0.25) is 14.6 Å². The van der Waals surface area contributed by atoms with Crippen LogP contribution in [0.5, 0.6) is 0 Å². The number of aryl methyl sites for hydroxylation is 1. The lowest BCUT2D eigenvalue weighted by Crippen LogP contribution is -2.36. The number of hydrogen-bond donors (Lipinski definition) is 2. The van der Waals surface area contributed by atoms with Crippen LogP contribution in [-0.2, 0) is 4.57 Å². The van der Waals surface area contributed by atoms with Crippen molar-refractivity contribution in [3.05, 3.63) is 126 Å². The van der Waals surface area contributed by atoms with E-state index in [1.54, 1.807) is 6.20 Å². The van der Waals surface area contributed by atoms with Crippen LogP contribution >= 0.6 is 7.29 Å². The van der Waals surface area contributed by atoms with Crippen molar-refractivity contribution in [1.29, 1.82) is 0 Å².